The topological polar surface area (TPSA) is 73.9 Å². The maximum Gasteiger partial charge on any atom is 0.111 e. The van der Waals surface area contributed by atoms with Crippen molar-refractivity contribution in [1.82, 2.24) is 0 Å². The fourth-order valence-corrected chi connectivity index (χ4v) is 0.607. The number of rotatable bonds is 10. The van der Waals surface area contributed by atoms with Crippen LogP contribution in [0, 0.1) is 0 Å². The Morgan fingerprint density at radius 1 is 1.00 bits per heavy atom. The highest BCUT2D eigenvalue weighted by Gasteiger charge is 1.83. The van der Waals surface area contributed by atoms with Crippen LogP contribution in [0.25, 0.3) is 0 Å². The summed E-state index contributed by atoms with van der Waals surface area (Å²) in [6.07, 6.45) is 3.70. The second kappa shape index (κ2) is 19.5. The molecule has 5 nitrogen and oxygen atoms in total. The number of hydrogen-bond donors (Lipinski definition) is 2. The van der Waals surface area contributed by atoms with Gasteiger partial charge in [-0.3, -0.25) is 0 Å². The van der Waals surface area contributed by atoms with Crippen molar-refractivity contribution < 1.29 is 19.3 Å². The molecule has 0 atom stereocenters. The van der Waals surface area contributed by atoms with Crippen molar-refractivity contribution in [2.24, 2.45) is 5.73 Å². The molecule has 96 valence electrons. The first kappa shape index (κ1) is 17.4. The van der Waals surface area contributed by atoms with E-state index < -0.39 is 0 Å². The van der Waals surface area contributed by atoms with Gasteiger partial charge in [0.1, 0.15) is 6.61 Å². The monoisotopic (exact) mass is 233 g/mol. The Kier molecular flexibility index (Phi) is 21.2. The number of nitrogens with two attached hydrogens (primary N) is 1. The molecule has 0 aliphatic rings. The molecule has 16 heavy (non-hydrogen) atoms. The van der Waals surface area contributed by atoms with Crippen LogP contribution in [0.1, 0.15) is 6.42 Å². The summed E-state index contributed by atoms with van der Waals surface area (Å²) < 4.78 is 14.4. The number of hydrogen-bond acceptors (Lipinski definition) is 5. The van der Waals surface area contributed by atoms with Crippen LogP contribution in [0.3, 0.4) is 0 Å². The molecule has 3 N–H and O–H groups in total. The van der Waals surface area contributed by atoms with Gasteiger partial charge in [-0.25, -0.2) is 0 Å². The van der Waals surface area contributed by atoms with E-state index in [0.29, 0.717) is 33.0 Å². The highest BCUT2D eigenvalue weighted by molar-refractivity contribution is 4.48. The summed E-state index contributed by atoms with van der Waals surface area (Å²) in [7, 11) is 0. The molecule has 0 aromatic rings. The zero-order chi connectivity index (χ0) is 12.5. The first-order chi connectivity index (χ1) is 7.83. The van der Waals surface area contributed by atoms with Gasteiger partial charge in [0.15, 0.2) is 0 Å². The third-order valence-corrected chi connectivity index (χ3v) is 1.28. The molecule has 0 aromatic heterocycles. The van der Waals surface area contributed by atoms with Gasteiger partial charge in [-0.2, -0.15) is 0 Å². The van der Waals surface area contributed by atoms with E-state index in [4.69, 9.17) is 25.1 Å². The zero-order valence-corrected chi connectivity index (χ0v) is 9.77. The summed E-state index contributed by atoms with van der Waals surface area (Å²) in [6, 6.07) is 0. The van der Waals surface area contributed by atoms with Crippen LogP contribution in [0.15, 0.2) is 25.7 Å². The van der Waals surface area contributed by atoms with Crippen LogP contribution in [0.2, 0.25) is 0 Å². The second-order valence-electron chi connectivity index (χ2n) is 2.55. The molecular formula is C11H23NO4. The van der Waals surface area contributed by atoms with E-state index in [9.17, 15) is 0 Å². The number of aliphatic hydroxyl groups is 1. The van der Waals surface area contributed by atoms with E-state index in [2.05, 4.69) is 13.2 Å². The van der Waals surface area contributed by atoms with E-state index in [1.165, 1.54) is 12.5 Å². The van der Waals surface area contributed by atoms with Gasteiger partial charge in [-0.05, 0) is 13.0 Å². The van der Waals surface area contributed by atoms with E-state index in [1.807, 2.05) is 0 Å². The van der Waals surface area contributed by atoms with Crippen molar-refractivity contribution in [2.45, 2.75) is 6.42 Å². The van der Waals surface area contributed by atoms with Crippen molar-refractivity contribution in [3.8, 4) is 0 Å². The van der Waals surface area contributed by atoms with Crippen LogP contribution in [-0.2, 0) is 14.2 Å². The maximum atomic E-state index is 8.24. The summed E-state index contributed by atoms with van der Waals surface area (Å²) in [5.74, 6) is 0. The van der Waals surface area contributed by atoms with E-state index in [1.54, 1.807) is 0 Å². The first-order valence-corrected chi connectivity index (χ1v) is 5.17. The largest absolute Gasteiger partial charge is 0.502 e. The van der Waals surface area contributed by atoms with E-state index >= 15 is 0 Å². The third-order valence-electron chi connectivity index (χ3n) is 1.28. The van der Waals surface area contributed by atoms with Crippen LogP contribution >= 0.6 is 0 Å². The molecule has 0 amide bonds. The lowest BCUT2D eigenvalue weighted by Gasteiger charge is -2.00. The second-order valence-corrected chi connectivity index (χ2v) is 2.55. The smallest absolute Gasteiger partial charge is 0.111 e. The average molecular weight is 233 g/mol. The number of ether oxygens (including phenoxy) is 3. The van der Waals surface area contributed by atoms with Gasteiger partial charge >= 0.3 is 0 Å². The molecule has 0 radical (unpaired) electrons. The van der Waals surface area contributed by atoms with Gasteiger partial charge in [-0.1, -0.05) is 13.2 Å². The van der Waals surface area contributed by atoms with Crippen LogP contribution in [0.5, 0.6) is 0 Å². The predicted molar refractivity (Wildman–Crippen MR) is 63.9 cm³/mol. The quantitative estimate of drug-likeness (QED) is 0.428. The van der Waals surface area contributed by atoms with Crippen molar-refractivity contribution in [1.29, 1.82) is 0 Å². The summed E-state index contributed by atoms with van der Waals surface area (Å²) in [6.45, 7) is 9.55. The Labute approximate surface area is 97.5 Å². The lowest BCUT2D eigenvalue weighted by atomic mass is 10.5. The van der Waals surface area contributed by atoms with Gasteiger partial charge in [0.25, 0.3) is 0 Å². The molecule has 0 spiro atoms. The van der Waals surface area contributed by atoms with Gasteiger partial charge in [0, 0.05) is 0 Å². The summed E-state index contributed by atoms with van der Waals surface area (Å²) >= 11 is 0. The molecule has 5 heteroatoms. The number of aliphatic hydroxyl groups excluding tert-OH is 1. The van der Waals surface area contributed by atoms with Crippen LogP contribution in [0.4, 0.5) is 0 Å². The Morgan fingerprint density at radius 3 is 2.12 bits per heavy atom. The van der Waals surface area contributed by atoms with E-state index in [0.717, 1.165) is 6.42 Å². The van der Waals surface area contributed by atoms with E-state index in [-0.39, 0.29) is 6.61 Å². The lowest BCUT2D eigenvalue weighted by Crippen LogP contribution is -2.04. The van der Waals surface area contributed by atoms with Gasteiger partial charge in [0.05, 0.1) is 39.0 Å². The summed E-state index contributed by atoms with van der Waals surface area (Å²) in [5.41, 5.74) is 5.15. The van der Waals surface area contributed by atoms with Gasteiger partial charge in [-0.15, -0.1) is 0 Å². The minimum Gasteiger partial charge on any atom is -0.502 e. The molecule has 0 aliphatic carbocycles. The molecule has 0 heterocycles. The molecule has 0 aliphatic heterocycles. The van der Waals surface area contributed by atoms with Crippen molar-refractivity contribution in [2.75, 3.05) is 39.6 Å². The normalized spacial score (nSPS) is 8.62. The van der Waals surface area contributed by atoms with Crippen molar-refractivity contribution in [3.63, 3.8) is 0 Å². The maximum absolute atomic E-state index is 8.24. The molecule has 0 saturated heterocycles. The molecule has 0 aromatic carbocycles. The minimum absolute atomic E-state index is 0.0636. The van der Waals surface area contributed by atoms with Crippen molar-refractivity contribution in [3.05, 3.63) is 25.7 Å². The molecule has 0 rings (SSSR count). The van der Waals surface area contributed by atoms with Crippen molar-refractivity contribution >= 4 is 0 Å². The van der Waals surface area contributed by atoms with Crippen LogP contribution in [-0.4, -0.2) is 44.7 Å². The minimum atomic E-state index is 0.0636. The summed E-state index contributed by atoms with van der Waals surface area (Å²) in [4.78, 5) is 0. The molecule has 0 bridgehead atoms. The molecule has 0 fully saturated rings. The molecule has 0 saturated carbocycles. The Balaban J connectivity index is 0. The third kappa shape index (κ3) is 23.1. The predicted octanol–water partition coefficient (Wildman–Crippen LogP) is 0.651. The fourth-order valence-electron chi connectivity index (χ4n) is 0.607. The van der Waals surface area contributed by atoms with Gasteiger partial charge < -0.3 is 25.1 Å². The molecular weight excluding hydrogens is 210 g/mol. The Morgan fingerprint density at radius 2 is 1.62 bits per heavy atom. The Hall–Kier alpha value is -1.04. The van der Waals surface area contributed by atoms with Gasteiger partial charge in [0.2, 0.25) is 0 Å². The lowest BCUT2D eigenvalue weighted by molar-refractivity contribution is 0.0603. The van der Waals surface area contributed by atoms with Crippen LogP contribution < -0.4 is 5.73 Å². The molecule has 0 unspecified atom stereocenters. The highest BCUT2D eigenvalue weighted by Crippen LogP contribution is 1.77. The zero-order valence-electron chi connectivity index (χ0n) is 9.77. The Bertz CT molecular complexity index is 142. The fraction of sp³-hybridized carbons (Fsp3) is 0.636. The SMILES string of the molecule is C=COCCCN.C=COCCOCCO. The summed E-state index contributed by atoms with van der Waals surface area (Å²) in [5, 5.41) is 8.24. The highest BCUT2D eigenvalue weighted by atomic mass is 16.5. The first-order valence-electron chi connectivity index (χ1n) is 5.17. The average Bonchev–Trinajstić information content (AvgIpc) is 2.31. The standard InChI is InChI=1S/C6H12O3.C5H11NO/c1-2-8-5-6-9-4-3-7;1-2-7-5-3-4-6/h2,7H,1,3-6H2;2H,1,3-6H2.